The molecule has 98 valence electrons. The fraction of sp³-hybridized carbons (Fsp3) is 0.200. The molecule has 1 unspecified atom stereocenters. The number of aryl methyl sites for hydroxylation is 1. The topological polar surface area (TPSA) is 26.3 Å². The van der Waals surface area contributed by atoms with Crippen molar-refractivity contribution < 1.29 is 9.09 Å². The van der Waals surface area contributed by atoms with Gasteiger partial charge < -0.3 is 4.52 Å². The molecule has 0 aliphatic carbocycles. The second-order valence-electron chi connectivity index (χ2n) is 4.23. The molecule has 2 aromatic rings. The second kappa shape index (κ2) is 7.38. The van der Waals surface area contributed by atoms with E-state index in [-0.39, 0.29) is 8.46 Å². The molecule has 0 saturated carbocycles. The van der Waals surface area contributed by atoms with Gasteiger partial charge in [0.05, 0.1) is 9.47 Å². The minimum absolute atomic E-state index is 0.222. The highest BCUT2D eigenvalue weighted by molar-refractivity contribution is 7.23. The third kappa shape index (κ3) is 3.62. The standard InChI is InChI=1S/C15H16O2P2/c16-19-11-5-7-12-6-1-2-8-13(12)14-9-3-4-10-15(14)17-18/h1-4,6,8-10H,5,7,11,18H2. The molecule has 0 aliphatic heterocycles. The van der Waals surface area contributed by atoms with Crippen LogP contribution in [0.3, 0.4) is 0 Å². The van der Waals surface area contributed by atoms with E-state index in [2.05, 4.69) is 27.7 Å². The fourth-order valence-corrected chi connectivity index (χ4v) is 2.62. The first-order chi connectivity index (χ1) is 9.36. The number of hydrogen-bond acceptors (Lipinski definition) is 2. The Bertz CT molecular complexity index is 555. The van der Waals surface area contributed by atoms with Crippen molar-refractivity contribution in [3.05, 3.63) is 54.1 Å². The predicted molar refractivity (Wildman–Crippen MR) is 83.0 cm³/mol. The third-order valence-corrected chi connectivity index (χ3v) is 3.77. The molecule has 0 amide bonds. The molecule has 0 heterocycles. The van der Waals surface area contributed by atoms with Crippen LogP contribution in [0.15, 0.2) is 48.5 Å². The summed E-state index contributed by atoms with van der Waals surface area (Å²) in [5.74, 6) is 0.849. The van der Waals surface area contributed by atoms with Crippen molar-refractivity contribution in [2.75, 3.05) is 6.16 Å². The van der Waals surface area contributed by atoms with Crippen molar-refractivity contribution in [2.45, 2.75) is 12.8 Å². The Balaban J connectivity index is 2.35. The summed E-state index contributed by atoms with van der Waals surface area (Å²) in [6, 6.07) is 16.3. The summed E-state index contributed by atoms with van der Waals surface area (Å²) in [4.78, 5) is 0. The lowest BCUT2D eigenvalue weighted by Crippen LogP contribution is -1.92. The minimum Gasteiger partial charge on any atom is -0.480 e. The van der Waals surface area contributed by atoms with Gasteiger partial charge in [-0.2, -0.15) is 0 Å². The maximum absolute atomic E-state index is 10.5. The Morgan fingerprint density at radius 2 is 1.68 bits per heavy atom. The van der Waals surface area contributed by atoms with Crippen LogP contribution in [0, 0.1) is 0 Å². The van der Waals surface area contributed by atoms with Gasteiger partial charge >= 0.3 is 0 Å². The number of para-hydroxylation sites is 1. The molecule has 0 saturated heterocycles. The van der Waals surface area contributed by atoms with Gasteiger partial charge in [-0.05, 0) is 30.0 Å². The van der Waals surface area contributed by atoms with Crippen molar-refractivity contribution in [3.8, 4) is 16.9 Å². The summed E-state index contributed by atoms with van der Waals surface area (Å²) < 4.78 is 15.9. The van der Waals surface area contributed by atoms with E-state index in [4.69, 9.17) is 4.52 Å². The van der Waals surface area contributed by atoms with Gasteiger partial charge in [0, 0.05) is 11.7 Å². The lowest BCUT2D eigenvalue weighted by molar-refractivity contribution is 0.597. The van der Waals surface area contributed by atoms with Crippen LogP contribution in [0.1, 0.15) is 12.0 Å². The van der Waals surface area contributed by atoms with E-state index >= 15 is 0 Å². The molecule has 2 aromatic carbocycles. The largest absolute Gasteiger partial charge is 0.480 e. The molecule has 0 radical (unpaired) electrons. The van der Waals surface area contributed by atoms with Crippen LogP contribution in [0.25, 0.3) is 11.1 Å². The summed E-state index contributed by atoms with van der Waals surface area (Å²) in [6.45, 7) is 0. The van der Waals surface area contributed by atoms with Crippen LogP contribution in [0.2, 0.25) is 0 Å². The highest BCUT2D eigenvalue weighted by Crippen LogP contribution is 2.33. The molecule has 2 nitrogen and oxygen atoms in total. The van der Waals surface area contributed by atoms with Gasteiger partial charge in [0.25, 0.3) is 0 Å². The summed E-state index contributed by atoms with van der Waals surface area (Å²) in [7, 11) is 2.52. The first-order valence-electron chi connectivity index (χ1n) is 6.20. The van der Waals surface area contributed by atoms with Crippen LogP contribution in [0.5, 0.6) is 5.75 Å². The van der Waals surface area contributed by atoms with Gasteiger partial charge in [-0.15, -0.1) is 0 Å². The van der Waals surface area contributed by atoms with Crippen molar-refractivity contribution in [3.63, 3.8) is 0 Å². The zero-order valence-corrected chi connectivity index (χ0v) is 12.6. The molecule has 0 aromatic heterocycles. The zero-order chi connectivity index (χ0) is 13.5. The van der Waals surface area contributed by atoms with Crippen molar-refractivity contribution in [1.29, 1.82) is 0 Å². The minimum atomic E-state index is 0.222. The molecular weight excluding hydrogens is 274 g/mol. The lowest BCUT2D eigenvalue weighted by Gasteiger charge is -2.12. The van der Waals surface area contributed by atoms with Crippen molar-refractivity contribution in [2.24, 2.45) is 0 Å². The highest BCUT2D eigenvalue weighted by atomic mass is 31.1. The predicted octanol–water partition coefficient (Wildman–Crippen LogP) is 4.75. The Morgan fingerprint density at radius 1 is 1.00 bits per heavy atom. The molecule has 0 aliphatic rings. The average molecular weight is 290 g/mol. The van der Waals surface area contributed by atoms with E-state index in [0.717, 1.165) is 24.2 Å². The van der Waals surface area contributed by atoms with Crippen LogP contribution >= 0.6 is 17.9 Å². The van der Waals surface area contributed by atoms with E-state index in [1.165, 1.54) is 11.1 Å². The van der Waals surface area contributed by atoms with E-state index < -0.39 is 0 Å². The molecule has 19 heavy (non-hydrogen) atoms. The summed E-state index contributed by atoms with van der Waals surface area (Å²) >= 11 is 0. The lowest BCUT2D eigenvalue weighted by atomic mass is 9.96. The summed E-state index contributed by atoms with van der Waals surface area (Å²) in [5.41, 5.74) is 3.54. The third-order valence-electron chi connectivity index (χ3n) is 3.02. The van der Waals surface area contributed by atoms with Gasteiger partial charge in [0.1, 0.15) is 5.75 Å². The van der Waals surface area contributed by atoms with Gasteiger partial charge in [-0.3, -0.25) is 4.57 Å². The Labute approximate surface area is 117 Å². The second-order valence-corrected chi connectivity index (χ2v) is 5.17. The van der Waals surface area contributed by atoms with E-state index in [1.54, 1.807) is 0 Å². The summed E-state index contributed by atoms with van der Waals surface area (Å²) in [6.07, 6.45) is 2.55. The molecule has 4 heteroatoms. The number of hydrogen-bond donors (Lipinski definition) is 0. The van der Waals surface area contributed by atoms with E-state index in [1.807, 2.05) is 30.3 Å². The first-order valence-corrected chi connectivity index (χ1v) is 7.67. The van der Waals surface area contributed by atoms with Crippen LogP contribution in [-0.4, -0.2) is 6.16 Å². The monoisotopic (exact) mass is 290 g/mol. The normalized spacial score (nSPS) is 10.6. The Morgan fingerprint density at radius 3 is 2.42 bits per heavy atom. The fourth-order valence-electron chi connectivity index (χ4n) is 2.13. The number of rotatable bonds is 6. The maximum atomic E-state index is 10.5. The first kappa shape index (κ1) is 14.2. The van der Waals surface area contributed by atoms with Crippen molar-refractivity contribution in [1.82, 2.24) is 0 Å². The van der Waals surface area contributed by atoms with Crippen LogP contribution < -0.4 is 4.52 Å². The molecule has 1 atom stereocenters. The highest BCUT2D eigenvalue weighted by Gasteiger charge is 2.09. The van der Waals surface area contributed by atoms with E-state index in [0.29, 0.717) is 6.16 Å². The Kier molecular flexibility index (Phi) is 5.51. The van der Waals surface area contributed by atoms with Gasteiger partial charge in [0.2, 0.25) is 0 Å². The number of benzene rings is 2. The molecule has 2 rings (SSSR count). The zero-order valence-electron chi connectivity index (χ0n) is 10.6. The smallest absolute Gasteiger partial charge is 0.155 e. The van der Waals surface area contributed by atoms with Crippen molar-refractivity contribution >= 4 is 17.9 Å². The molecule has 0 N–H and O–H groups in total. The quantitative estimate of drug-likeness (QED) is 0.567. The van der Waals surface area contributed by atoms with Gasteiger partial charge in [-0.25, -0.2) is 0 Å². The molecular formula is C15H16O2P2. The van der Waals surface area contributed by atoms with Crippen LogP contribution in [-0.2, 0) is 11.0 Å². The van der Waals surface area contributed by atoms with Gasteiger partial charge in [0.15, 0.2) is 8.46 Å². The molecule has 0 fully saturated rings. The maximum Gasteiger partial charge on any atom is 0.155 e. The van der Waals surface area contributed by atoms with Gasteiger partial charge in [-0.1, -0.05) is 42.5 Å². The SMILES string of the molecule is O=PCCCc1ccccc1-c1ccccc1OP. The van der Waals surface area contributed by atoms with E-state index in [9.17, 15) is 4.57 Å². The summed E-state index contributed by atoms with van der Waals surface area (Å²) in [5, 5.41) is 0. The Hall–Kier alpha value is -1.23. The van der Waals surface area contributed by atoms with Crippen LogP contribution in [0.4, 0.5) is 0 Å². The molecule has 0 spiro atoms. The molecule has 0 bridgehead atoms. The average Bonchev–Trinajstić information content (AvgIpc) is 2.48.